The normalized spacial score (nSPS) is 21.9. The smallest absolute Gasteiger partial charge is 0.902 e. The number of halogens is 2. The zero-order valence-electron chi connectivity index (χ0n) is 35.1. The van der Waals surface area contributed by atoms with Crippen molar-refractivity contribution < 1.29 is 57.5 Å². The van der Waals surface area contributed by atoms with Crippen LogP contribution in [0.1, 0.15) is 73.3 Å². The molecule has 2 bridgehead atoms. The fourth-order valence-corrected chi connectivity index (χ4v) is 9.13. The van der Waals surface area contributed by atoms with Gasteiger partial charge in [0.2, 0.25) is 11.8 Å². The molecule has 3 atom stereocenters. The van der Waals surface area contributed by atoms with E-state index in [0.29, 0.717) is 37.5 Å². The van der Waals surface area contributed by atoms with E-state index in [1.807, 2.05) is 23.5 Å². The molecule has 9 rings (SSSR count). The Hall–Kier alpha value is -4.77. The second-order valence-corrected chi connectivity index (χ2v) is 16.4. The molecular weight excluding hydrogens is 812 g/mol. The molecular formula is C43H49F2N11NaO5-. The summed E-state index contributed by atoms with van der Waals surface area (Å²) in [4.78, 5) is 61.0. The predicted molar refractivity (Wildman–Crippen MR) is 223 cm³/mol. The molecule has 5 fully saturated rings. The van der Waals surface area contributed by atoms with Crippen molar-refractivity contribution in [2.45, 2.75) is 75.9 Å². The number of benzene rings is 1. The van der Waals surface area contributed by atoms with Gasteiger partial charge in [-0.05, 0) is 49.8 Å². The second-order valence-electron chi connectivity index (χ2n) is 16.4. The van der Waals surface area contributed by atoms with Crippen LogP contribution in [0.3, 0.4) is 0 Å². The average molecular weight is 861 g/mol. The standard InChI is InChI=1S/C27H35N5O3.C16H14F2N6O2.Na/c1-29-25-21(9-5-11-22(25)32(27(29)35)23-12-13-24(33)28-26(23)34)10-6-14-30-15-17-31(18-16-30)19-20-7-3-2-4-8-20;1-8(13(19)14(17)18)21-16(25)11-5-20-23-3-2-12(22-15(11)23)24-9-4-10(24)7-26-6-9;/h5,9,11,20,23H,2-4,7-8,12-19H2,1H3,(H,28,33,34);1-3,5,9-10,14H,4,6-7H2,(H,21,25);/q;-2;+1. The van der Waals surface area contributed by atoms with Gasteiger partial charge in [-0.15, -0.1) is 0 Å². The fraction of sp³-hybridized carbons (Fsp3) is 0.512. The first-order valence-electron chi connectivity index (χ1n) is 20.9. The molecule has 4 saturated heterocycles. The van der Waals surface area contributed by atoms with Gasteiger partial charge < -0.3 is 25.3 Å². The first kappa shape index (κ1) is 45.3. The van der Waals surface area contributed by atoms with Gasteiger partial charge in [0.1, 0.15) is 17.4 Å². The number of hydrogen-bond donors (Lipinski definition) is 2. The number of allylic oxidation sites excluding steroid dienone is 1. The van der Waals surface area contributed by atoms with Crippen LogP contribution in [-0.4, -0.2) is 128 Å². The molecule has 62 heavy (non-hydrogen) atoms. The van der Waals surface area contributed by atoms with E-state index in [2.05, 4.69) is 41.9 Å². The summed E-state index contributed by atoms with van der Waals surface area (Å²) in [5.74, 6) is 6.67. The van der Waals surface area contributed by atoms with Crippen molar-refractivity contribution in [1.29, 1.82) is 0 Å². The van der Waals surface area contributed by atoms with Crippen molar-refractivity contribution >= 4 is 45.9 Å². The zero-order chi connectivity index (χ0) is 42.8. The average Bonchev–Trinajstić information content (AvgIpc) is 3.79. The molecule has 19 heteroatoms. The SMILES string of the molecule is Cn1c(=O)n(C2CCC(=O)NC2=O)c2cccc(C#CCN3CCN(CC4CCCCC4)CC3)c21.[CH-]=C(NC(=O)c1cnn2ccc(N3C4COCC3C4)nc12)C(=[N-])C(F)F.[Na+]. The van der Waals surface area contributed by atoms with Gasteiger partial charge in [0.05, 0.1) is 54.6 Å². The third kappa shape index (κ3) is 9.58. The number of imide groups is 1. The molecule has 2 N–H and O–H groups in total. The van der Waals surface area contributed by atoms with E-state index in [-0.39, 0.29) is 70.9 Å². The number of piperidine rings is 1. The van der Waals surface area contributed by atoms with Crippen LogP contribution in [0.2, 0.25) is 0 Å². The number of carbonyl (C=O) groups is 3. The summed E-state index contributed by atoms with van der Waals surface area (Å²) in [7, 11) is 1.71. The molecule has 322 valence electrons. The molecule has 4 aromatic rings. The Kier molecular flexibility index (Phi) is 14.4. The molecule has 5 aliphatic rings. The maximum Gasteiger partial charge on any atom is 1.00 e. The summed E-state index contributed by atoms with van der Waals surface area (Å²) in [6, 6.07) is 7.26. The summed E-state index contributed by atoms with van der Waals surface area (Å²) in [5.41, 5.74) is 0.0323. The summed E-state index contributed by atoms with van der Waals surface area (Å²) in [6.07, 6.45) is 8.32. The number of para-hydroxylation sites is 1. The molecule has 3 amide bonds. The Balaban J connectivity index is 0.000000191. The number of piperazine rings is 1. The molecule has 7 heterocycles. The number of ether oxygens (including phenoxy) is 1. The number of carbonyl (C=O) groups excluding carboxylic acids is 3. The molecule has 4 aliphatic heterocycles. The van der Waals surface area contributed by atoms with E-state index >= 15 is 0 Å². The van der Waals surface area contributed by atoms with Crippen LogP contribution in [0.4, 0.5) is 14.6 Å². The van der Waals surface area contributed by atoms with Gasteiger partial charge in [0.25, 0.3) is 5.91 Å². The van der Waals surface area contributed by atoms with Crippen molar-refractivity contribution in [3.63, 3.8) is 0 Å². The van der Waals surface area contributed by atoms with E-state index in [9.17, 15) is 28.0 Å². The van der Waals surface area contributed by atoms with Crippen LogP contribution in [0.25, 0.3) is 22.1 Å². The number of anilines is 1. The van der Waals surface area contributed by atoms with Crippen LogP contribution >= 0.6 is 0 Å². The Morgan fingerprint density at radius 3 is 2.47 bits per heavy atom. The summed E-state index contributed by atoms with van der Waals surface area (Å²) < 4.78 is 34.8. The van der Waals surface area contributed by atoms with Crippen LogP contribution in [-0.2, 0) is 21.4 Å². The summed E-state index contributed by atoms with van der Waals surface area (Å²) in [6.45, 7) is 12.8. The molecule has 1 aromatic carbocycles. The molecule has 16 nitrogen and oxygen atoms in total. The zero-order valence-corrected chi connectivity index (χ0v) is 37.1. The number of alkyl halides is 2. The van der Waals surface area contributed by atoms with Crippen molar-refractivity contribution in [1.82, 2.24) is 44.2 Å². The topological polar surface area (TPSA) is 174 Å². The molecule has 1 aliphatic carbocycles. The molecule has 3 unspecified atom stereocenters. The number of rotatable bonds is 9. The van der Waals surface area contributed by atoms with Gasteiger partial charge in [0, 0.05) is 52.4 Å². The van der Waals surface area contributed by atoms with E-state index in [1.54, 1.807) is 23.9 Å². The maximum atomic E-state index is 13.1. The molecule has 0 radical (unpaired) electrons. The number of aryl methyl sites for hydroxylation is 1. The van der Waals surface area contributed by atoms with E-state index in [4.69, 9.17) is 16.7 Å². The number of imidazole rings is 1. The number of hydrogen-bond acceptors (Lipinski definition) is 10. The first-order valence-corrected chi connectivity index (χ1v) is 20.9. The van der Waals surface area contributed by atoms with Crippen LogP contribution < -0.4 is 50.8 Å². The van der Waals surface area contributed by atoms with E-state index in [1.165, 1.54) is 53.9 Å². The predicted octanol–water partition coefficient (Wildman–Crippen LogP) is -0.0999. The number of fused-ring (bicyclic) bond motifs is 4. The monoisotopic (exact) mass is 860 g/mol. The quantitative estimate of drug-likeness (QED) is 0.0762. The van der Waals surface area contributed by atoms with Gasteiger partial charge in [-0.25, -0.2) is 23.1 Å². The van der Waals surface area contributed by atoms with Gasteiger partial charge in [0.15, 0.2) is 12.1 Å². The summed E-state index contributed by atoms with van der Waals surface area (Å²) >= 11 is 0. The van der Waals surface area contributed by atoms with Crippen LogP contribution in [0, 0.1) is 24.3 Å². The third-order valence-corrected chi connectivity index (χ3v) is 12.4. The number of nitrogens with one attached hydrogen (secondary N) is 2. The molecule has 1 saturated carbocycles. The minimum Gasteiger partial charge on any atom is -0.902 e. The van der Waals surface area contributed by atoms with Crippen LogP contribution in [0.5, 0.6) is 0 Å². The van der Waals surface area contributed by atoms with Crippen molar-refractivity contribution in [2.75, 3.05) is 57.4 Å². The largest absolute Gasteiger partial charge is 1.00 e. The second kappa shape index (κ2) is 19.7. The number of aromatic nitrogens is 5. The van der Waals surface area contributed by atoms with E-state index in [0.717, 1.165) is 49.6 Å². The first-order chi connectivity index (χ1) is 29.5. The number of nitrogens with zero attached hydrogens (tertiary/aromatic N) is 9. The van der Waals surface area contributed by atoms with Gasteiger partial charge in [-0.1, -0.05) is 37.2 Å². The minimum atomic E-state index is -3.18. The van der Waals surface area contributed by atoms with Crippen molar-refractivity contribution in [2.24, 2.45) is 13.0 Å². The van der Waals surface area contributed by atoms with Gasteiger partial charge in [-0.2, -0.15) is 10.8 Å². The van der Waals surface area contributed by atoms with Crippen LogP contribution in [0.15, 0.2) is 47.2 Å². The maximum absolute atomic E-state index is 13.1. The van der Waals surface area contributed by atoms with Crippen molar-refractivity contribution in [3.8, 4) is 11.8 Å². The fourth-order valence-electron chi connectivity index (χ4n) is 9.13. The Bertz CT molecular complexity index is 2460. The summed E-state index contributed by atoms with van der Waals surface area (Å²) in [5, 5.41) is 17.6. The van der Waals surface area contributed by atoms with Gasteiger partial charge >= 0.3 is 35.2 Å². The van der Waals surface area contributed by atoms with Crippen molar-refractivity contribution in [3.05, 3.63) is 76.0 Å². The Labute approximate surface area is 379 Å². The Morgan fingerprint density at radius 2 is 1.77 bits per heavy atom. The van der Waals surface area contributed by atoms with Gasteiger partial charge in [-0.3, -0.25) is 46.0 Å². The number of amides is 3. The third-order valence-electron chi connectivity index (χ3n) is 12.4. The molecule has 3 aromatic heterocycles. The van der Waals surface area contributed by atoms with E-state index < -0.39 is 35.7 Å². The molecule has 0 spiro atoms. The number of morpholine rings is 1. The Morgan fingerprint density at radius 1 is 1.05 bits per heavy atom. The minimum absolute atomic E-state index is 0.